The summed E-state index contributed by atoms with van der Waals surface area (Å²) in [5.74, 6) is 2.06. The fourth-order valence-corrected chi connectivity index (χ4v) is 3.73. The third-order valence-electron chi connectivity index (χ3n) is 5.24. The van der Waals surface area contributed by atoms with Crippen molar-refractivity contribution in [1.82, 2.24) is 25.4 Å². The van der Waals surface area contributed by atoms with Gasteiger partial charge in [-0.15, -0.1) is 24.0 Å². The summed E-state index contributed by atoms with van der Waals surface area (Å²) in [6, 6.07) is 4.20. The summed E-state index contributed by atoms with van der Waals surface area (Å²) in [7, 11) is 1.99. The highest BCUT2D eigenvalue weighted by atomic mass is 127. The van der Waals surface area contributed by atoms with Gasteiger partial charge in [-0.2, -0.15) is 5.10 Å². The average Bonchev–Trinajstić information content (AvgIpc) is 2.92. The van der Waals surface area contributed by atoms with E-state index in [0.29, 0.717) is 18.3 Å². The van der Waals surface area contributed by atoms with Crippen molar-refractivity contribution < 1.29 is 4.74 Å². The quantitative estimate of drug-likeness (QED) is 0.255. The van der Waals surface area contributed by atoms with Crippen molar-refractivity contribution in [2.75, 3.05) is 6.54 Å². The number of ether oxygens (including phenoxy) is 1. The van der Waals surface area contributed by atoms with Crippen LogP contribution in [0.2, 0.25) is 0 Å². The molecule has 8 heteroatoms. The molecule has 2 unspecified atom stereocenters. The van der Waals surface area contributed by atoms with E-state index in [4.69, 9.17) is 9.73 Å². The standard InChI is InChI=1S/C24H40N6O.HI/c1-9-25-24(28-17(4)13-22-19(6)29-30(8)20(22)7)27-15-21-10-11-26-23(14-21)31-18(5)12-16(2)3;/h10-11,14,16-18H,9,12-13,15H2,1-8H3,(H2,25,27,28);1H. The first-order valence-electron chi connectivity index (χ1n) is 11.3. The Bertz CT molecular complexity index is 864. The molecule has 0 aliphatic heterocycles. The van der Waals surface area contributed by atoms with E-state index < -0.39 is 0 Å². The van der Waals surface area contributed by atoms with Crippen LogP contribution in [0.3, 0.4) is 0 Å². The monoisotopic (exact) mass is 556 g/mol. The molecule has 2 N–H and O–H groups in total. The van der Waals surface area contributed by atoms with Crippen molar-refractivity contribution in [3.05, 3.63) is 40.8 Å². The van der Waals surface area contributed by atoms with Crippen LogP contribution in [-0.2, 0) is 20.0 Å². The average molecular weight is 557 g/mol. The predicted octanol–water partition coefficient (Wildman–Crippen LogP) is 4.55. The molecule has 0 aromatic carbocycles. The lowest BCUT2D eigenvalue weighted by Crippen LogP contribution is -2.43. The molecule has 2 heterocycles. The molecular formula is C24H41IN6O. The Balaban J connectivity index is 0.00000512. The Morgan fingerprint density at radius 1 is 1.22 bits per heavy atom. The molecule has 0 saturated carbocycles. The van der Waals surface area contributed by atoms with Crippen LogP contribution in [0.1, 0.15) is 63.6 Å². The lowest BCUT2D eigenvalue weighted by atomic mass is 10.1. The molecule has 180 valence electrons. The first-order chi connectivity index (χ1) is 14.7. The largest absolute Gasteiger partial charge is 0.475 e. The Hall–Kier alpha value is -1.84. The Morgan fingerprint density at radius 3 is 2.53 bits per heavy atom. The molecular weight excluding hydrogens is 515 g/mol. The highest BCUT2D eigenvalue weighted by Crippen LogP contribution is 2.16. The number of halogens is 1. The van der Waals surface area contributed by atoms with Crippen LogP contribution >= 0.6 is 24.0 Å². The first-order valence-corrected chi connectivity index (χ1v) is 11.3. The second-order valence-corrected chi connectivity index (χ2v) is 8.78. The molecule has 2 aromatic heterocycles. The lowest BCUT2D eigenvalue weighted by Gasteiger charge is -2.18. The molecule has 2 aromatic rings. The second-order valence-electron chi connectivity index (χ2n) is 8.78. The van der Waals surface area contributed by atoms with Crippen LogP contribution < -0.4 is 15.4 Å². The van der Waals surface area contributed by atoms with Gasteiger partial charge in [0.05, 0.1) is 18.3 Å². The minimum Gasteiger partial charge on any atom is -0.475 e. The number of hydrogen-bond donors (Lipinski definition) is 2. The summed E-state index contributed by atoms with van der Waals surface area (Å²) in [5, 5.41) is 11.4. The van der Waals surface area contributed by atoms with E-state index in [1.807, 2.05) is 23.9 Å². The summed E-state index contributed by atoms with van der Waals surface area (Å²) in [6.07, 6.45) is 3.84. The molecule has 7 nitrogen and oxygen atoms in total. The van der Waals surface area contributed by atoms with E-state index in [-0.39, 0.29) is 36.1 Å². The van der Waals surface area contributed by atoms with Gasteiger partial charge >= 0.3 is 0 Å². The van der Waals surface area contributed by atoms with Crippen molar-refractivity contribution in [2.24, 2.45) is 18.0 Å². The molecule has 32 heavy (non-hydrogen) atoms. The van der Waals surface area contributed by atoms with Crippen molar-refractivity contribution in [1.29, 1.82) is 0 Å². The van der Waals surface area contributed by atoms with Crippen LogP contribution in [0.25, 0.3) is 0 Å². The number of guanidine groups is 1. The van der Waals surface area contributed by atoms with Gasteiger partial charge in [-0.3, -0.25) is 4.68 Å². The minimum atomic E-state index is 0. The summed E-state index contributed by atoms with van der Waals surface area (Å²) in [5.41, 5.74) is 4.67. The highest BCUT2D eigenvalue weighted by molar-refractivity contribution is 14.0. The fraction of sp³-hybridized carbons (Fsp3) is 0.625. The first kappa shape index (κ1) is 28.2. The Morgan fingerprint density at radius 2 is 1.94 bits per heavy atom. The normalized spacial score (nSPS) is 13.5. The van der Waals surface area contributed by atoms with Crippen LogP contribution in [0, 0.1) is 19.8 Å². The number of nitrogens with zero attached hydrogens (tertiary/aromatic N) is 4. The second kappa shape index (κ2) is 13.6. The SMILES string of the molecule is CCNC(=NCc1ccnc(OC(C)CC(C)C)c1)NC(C)Cc1c(C)nn(C)c1C.I. The van der Waals surface area contributed by atoms with E-state index >= 15 is 0 Å². The molecule has 0 bridgehead atoms. The van der Waals surface area contributed by atoms with E-state index in [9.17, 15) is 0 Å². The smallest absolute Gasteiger partial charge is 0.213 e. The number of aliphatic imine (C=N–C) groups is 1. The van der Waals surface area contributed by atoms with E-state index in [1.54, 1.807) is 6.20 Å². The molecule has 2 atom stereocenters. The third kappa shape index (κ3) is 8.96. The minimum absolute atomic E-state index is 0. The highest BCUT2D eigenvalue weighted by Gasteiger charge is 2.14. The van der Waals surface area contributed by atoms with E-state index in [2.05, 4.69) is 69.2 Å². The van der Waals surface area contributed by atoms with Gasteiger partial charge in [-0.1, -0.05) is 13.8 Å². The maximum absolute atomic E-state index is 5.98. The molecule has 0 spiro atoms. The predicted molar refractivity (Wildman–Crippen MR) is 143 cm³/mol. The molecule has 2 rings (SSSR count). The molecule has 0 fully saturated rings. The number of nitrogens with one attached hydrogen (secondary N) is 2. The summed E-state index contributed by atoms with van der Waals surface area (Å²) < 4.78 is 7.92. The number of hydrogen-bond acceptors (Lipinski definition) is 4. The zero-order valence-corrected chi connectivity index (χ0v) is 23.2. The summed E-state index contributed by atoms with van der Waals surface area (Å²) >= 11 is 0. The summed E-state index contributed by atoms with van der Waals surface area (Å²) in [4.78, 5) is 9.13. The molecule has 0 amide bonds. The van der Waals surface area contributed by atoms with E-state index in [0.717, 1.165) is 36.6 Å². The van der Waals surface area contributed by atoms with Crippen LogP contribution in [0.15, 0.2) is 23.3 Å². The van der Waals surface area contributed by atoms with Crippen LogP contribution in [-0.4, -0.2) is 39.4 Å². The topological polar surface area (TPSA) is 76.4 Å². The van der Waals surface area contributed by atoms with Crippen molar-refractivity contribution in [3.63, 3.8) is 0 Å². The number of rotatable bonds is 10. The summed E-state index contributed by atoms with van der Waals surface area (Å²) in [6.45, 7) is 16.3. The third-order valence-corrected chi connectivity index (χ3v) is 5.24. The number of aromatic nitrogens is 3. The zero-order valence-electron chi connectivity index (χ0n) is 20.9. The van der Waals surface area contributed by atoms with Gasteiger partial charge in [-0.25, -0.2) is 9.98 Å². The molecule has 0 aliphatic rings. The lowest BCUT2D eigenvalue weighted by molar-refractivity contribution is 0.185. The van der Waals surface area contributed by atoms with Gasteiger partial charge < -0.3 is 15.4 Å². The Labute approximate surface area is 210 Å². The van der Waals surface area contributed by atoms with Gasteiger partial charge in [0.25, 0.3) is 0 Å². The maximum atomic E-state index is 5.98. The Kier molecular flexibility index (Phi) is 12.0. The zero-order chi connectivity index (χ0) is 23.0. The molecule has 0 saturated heterocycles. The van der Waals surface area contributed by atoms with Gasteiger partial charge in [0.2, 0.25) is 5.88 Å². The van der Waals surface area contributed by atoms with E-state index in [1.165, 1.54) is 11.3 Å². The molecule has 0 aliphatic carbocycles. The van der Waals surface area contributed by atoms with Crippen molar-refractivity contribution >= 4 is 29.9 Å². The molecule has 0 radical (unpaired) electrons. The van der Waals surface area contributed by atoms with Gasteiger partial charge in [0, 0.05) is 37.6 Å². The van der Waals surface area contributed by atoms with Crippen LogP contribution in [0.5, 0.6) is 5.88 Å². The maximum Gasteiger partial charge on any atom is 0.213 e. The van der Waals surface area contributed by atoms with Crippen LogP contribution in [0.4, 0.5) is 0 Å². The fourth-order valence-electron chi connectivity index (χ4n) is 3.73. The van der Waals surface area contributed by atoms with Crippen molar-refractivity contribution in [3.8, 4) is 5.88 Å². The number of aryl methyl sites for hydroxylation is 2. The van der Waals surface area contributed by atoms with Gasteiger partial charge in [0.1, 0.15) is 0 Å². The van der Waals surface area contributed by atoms with Gasteiger partial charge in [0.15, 0.2) is 5.96 Å². The number of pyridine rings is 1. The van der Waals surface area contributed by atoms with Gasteiger partial charge in [-0.05, 0) is 70.6 Å². The van der Waals surface area contributed by atoms with Crippen molar-refractivity contribution in [2.45, 2.75) is 80.0 Å².